The van der Waals surface area contributed by atoms with E-state index < -0.39 is 0 Å². The van der Waals surface area contributed by atoms with Crippen molar-refractivity contribution in [1.82, 2.24) is 0 Å². The van der Waals surface area contributed by atoms with Crippen LogP contribution in [0.25, 0.3) is 0 Å². The standard InChI is InChI=1S/C9H10BrN.C2H6/c10-7-2-3-8-6(5-7)1-4-9(8)11;1-2/h2-3,5,9H,1,4,11H2;1-2H3. The Kier molecular flexibility index (Phi) is 3.94. The van der Waals surface area contributed by atoms with E-state index in [0.29, 0.717) is 0 Å². The zero-order chi connectivity index (χ0) is 9.84. The van der Waals surface area contributed by atoms with Gasteiger partial charge in [-0.1, -0.05) is 35.8 Å². The van der Waals surface area contributed by atoms with Crippen molar-refractivity contribution in [3.05, 3.63) is 33.8 Å². The summed E-state index contributed by atoms with van der Waals surface area (Å²) < 4.78 is 1.16. The zero-order valence-electron chi connectivity index (χ0n) is 8.18. The fourth-order valence-electron chi connectivity index (χ4n) is 1.62. The average molecular weight is 242 g/mol. The van der Waals surface area contributed by atoms with E-state index in [1.54, 1.807) is 0 Å². The van der Waals surface area contributed by atoms with Crippen LogP contribution in [0, 0.1) is 0 Å². The van der Waals surface area contributed by atoms with Gasteiger partial charge in [0.1, 0.15) is 0 Å². The molecule has 0 bridgehead atoms. The van der Waals surface area contributed by atoms with Crippen LogP contribution in [0.5, 0.6) is 0 Å². The molecule has 1 aliphatic rings. The molecule has 2 N–H and O–H groups in total. The highest BCUT2D eigenvalue weighted by Gasteiger charge is 2.17. The molecule has 1 aromatic carbocycles. The van der Waals surface area contributed by atoms with Crippen LogP contribution in [0.3, 0.4) is 0 Å². The quantitative estimate of drug-likeness (QED) is 0.741. The van der Waals surface area contributed by atoms with Crippen molar-refractivity contribution in [2.24, 2.45) is 5.73 Å². The molecule has 0 radical (unpaired) electrons. The minimum absolute atomic E-state index is 0.276. The summed E-state index contributed by atoms with van der Waals surface area (Å²) in [6, 6.07) is 6.63. The molecule has 1 atom stereocenters. The van der Waals surface area contributed by atoms with Gasteiger partial charge in [-0.2, -0.15) is 0 Å². The number of nitrogens with two attached hydrogens (primary N) is 1. The van der Waals surface area contributed by atoms with E-state index in [-0.39, 0.29) is 6.04 Å². The van der Waals surface area contributed by atoms with Crippen LogP contribution in [0.4, 0.5) is 0 Å². The summed E-state index contributed by atoms with van der Waals surface area (Å²) in [5.41, 5.74) is 8.62. The largest absolute Gasteiger partial charge is 0.324 e. The summed E-state index contributed by atoms with van der Waals surface area (Å²) in [5, 5.41) is 0. The number of rotatable bonds is 0. The van der Waals surface area contributed by atoms with Gasteiger partial charge in [0.25, 0.3) is 0 Å². The van der Waals surface area contributed by atoms with Crippen LogP contribution in [-0.4, -0.2) is 0 Å². The van der Waals surface area contributed by atoms with Crippen molar-refractivity contribution in [1.29, 1.82) is 0 Å². The number of fused-ring (bicyclic) bond motifs is 1. The molecule has 13 heavy (non-hydrogen) atoms. The fourth-order valence-corrected chi connectivity index (χ4v) is 2.03. The number of hydrogen-bond acceptors (Lipinski definition) is 1. The molecular formula is C11H16BrN. The minimum atomic E-state index is 0.276. The first-order valence-corrected chi connectivity index (χ1v) is 5.60. The molecule has 1 aromatic rings. The third-order valence-corrected chi connectivity index (χ3v) is 2.72. The Morgan fingerprint density at radius 3 is 2.77 bits per heavy atom. The predicted molar refractivity (Wildman–Crippen MR) is 60.7 cm³/mol. The molecule has 1 aliphatic carbocycles. The summed E-state index contributed by atoms with van der Waals surface area (Å²) in [6.07, 6.45) is 2.24. The van der Waals surface area contributed by atoms with Crippen molar-refractivity contribution < 1.29 is 0 Å². The van der Waals surface area contributed by atoms with Crippen LogP contribution < -0.4 is 5.73 Å². The summed E-state index contributed by atoms with van der Waals surface area (Å²) in [6.45, 7) is 4.00. The lowest BCUT2D eigenvalue weighted by Gasteiger charge is -2.03. The van der Waals surface area contributed by atoms with Gasteiger partial charge in [-0.3, -0.25) is 0 Å². The molecule has 0 fully saturated rings. The Balaban J connectivity index is 0.000000396. The van der Waals surface area contributed by atoms with Crippen LogP contribution in [0.2, 0.25) is 0 Å². The maximum absolute atomic E-state index is 5.88. The molecule has 0 aromatic heterocycles. The third kappa shape index (κ3) is 2.32. The van der Waals surface area contributed by atoms with E-state index in [4.69, 9.17) is 5.73 Å². The lowest BCUT2D eigenvalue weighted by Crippen LogP contribution is -2.04. The zero-order valence-corrected chi connectivity index (χ0v) is 9.76. The highest BCUT2D eigenvalue weighted by molar-refractivity contribution is 9.10. The van der Waals surface area contributed by atoms with Gasteiger partial charge in [0.05, 0.1) is 0 Å². The molecule has 0 amide bonds. The van der Waals surface area contributed by atoms with Crippen molar-refractivity contribution >= 4 is 15.9 Å². The molecule has 1 nitrogen and oxygen atoms in total. The summed E-state index contributed by atoms with van der Waals surface area (Å²) >= 11 is 3.44. The van der Waals surface area contributed by atoms with Gasteiger partial charge in [-0.15, -0.1) is 0 Å². The highest BCUT2D eigenvalue weighted by atomic mass is 79.9. The van der Waals surface area contributed by atoms with Crippen LogP contribution in [0.1, 0.15) is 37.4 Å². The number of benzene rings is 1. The van der Waals surface area contributed by atoms with Gasteiger partial charge in [-0.05, 0) is 36.1 Å². The average Bonchev–Trinajstić information content (AvgIpc) is 2.51. The molecule has 0 aliphatic heterocycles. The number of hydrogen-bond donors (Lipinski definition) is 1. The molecule has 2 heteroatoms. The second-order valence-corrected chi connectivity index (χ2v) is 3.90. The maximum atomic E-state index is 5.88. The molecule has 0 spiro atoms. The van der Waals surface area contributed by atoms with Gasteiger partial charge in [0.15, 0.2) is 0 Å². The Hall–Kier alpha value is -0.340. The molecule has 2 rings (SSSR count). The van der Waals surface area contributed by atoms with Gasteiger partial charge in [-0.25, -0.2) is 0 Å². The van der Waals surface area contributed by atoms with Crippen molar-refractivity contribution in [2.45, 2.75) is 32.7 Å². The molecule has 0 heterocycles. The SMILES string of the molecule is CC.NC1CCc2cc(Br)ccc21. The van der Waals surface area contributed by atoms with Crippen LogP contribution >= 0.6 is 15.9 Å². The summed E-state index contributed by atoms with van der Waals surface area (Å²) in [4.78, 5) is 0. The van der Waals surface area contributed by atoms with Crippen molar-refractivity contribution in [3.63, 3.8) is 0 Å². The normalized spacial score (nSPS) is 18.9. The summed E-state index contributed by atoms with van der Waals surface area (Å²) in [5.74, 6) is 0. The van der Waals surface area contributed by atoms with E-state index in [2.05, 4.69) is 34.1 Å². The molecule has 0 saturated carbocycles. The third-order valence-electron chi connectivity index (χ3n) is 2.23. The second-order valence-electron chi connectivity index (χ2n) is 2.99. The van der Waals surface area contributed by atoms with E-state index in [1.807, 2.05) is 13.8 Å². The predicted octanol–water partition coefficient (Wildman–Crippen LogP) is 3.42. The van der Waals surface area contributed by atoms with Gasteiger partial charge in [0, 0.05) is 10.5 Å². The van der Waals surface area contributed by atoms with Gasteiger partial charge >= 0.3 is 0 Å². The second kappa shape index (κ2) is 4.77. The number of aryl methyl sites for hydroxylation is 1. The first-order valence-electron chi connectivity index (χ1n) is 4.81. The van der Waals surface area contributed by atoms with Gasteiger partial charge < -0.3 is 5.73 Å². The van der Waals surface area contributed by atoms with Crippen LogP contribution in [0.15, 0.2) is 22.7 Å². The van der Waals surface area contributed by atoms with Crippen molar-refractivity contribution in [3.8, 4) is 0 Å². The topological polar surface area (TPSA) is 26.0 Å². The first-order chi connectivity index (χ1) is 6.27. The van der Waals surface area contributed by atoms with Crippen molar-refractivity contribution in [2.75, 3.05) is 0 Å². The number of halogens is 1. The lowest BCUT2D eigenvalue weighted by atomic mass is 10.1. The lowest BCUT2D eigenvalue weighted by molar-refractivity contribution is 0.713. The van der Waals surface area contributed by atoms with E-state index >= 15 is 0 Å². The minimum Gasteiger partial charge on any atom is -0.324 e. The fraction of sp³-hybridized carbons (Fsp3) is 0.455. The van der Waals surface area contributed by atoms with E-state index in [9.17, 15) is 0 Å². The first kappa shape index (κ1) is 10.7. The molecular weight excluding hydrogens is 226 g/mol. The van der Waals surface area contributed by atoms with E-state index in [1.165, 1.54) is 11.1 Å². The maximum Gasteiger partial charge on any atom is 0.0300 e. The van der Waals surface area contributed by atoms with Crippen LogP contribution in [-0.2, 0) is 6.42 Å². The van der Waals surface area contributed by atoms with E-state index in [0.717, 1.165) is 17.3 Å². The molecule has 72 valence electrons. The Morgan fingerprint density at radius 1 is 1.38 bits per heavy atom. The highest BCUT2D eigenvalue weighted by Crippen LogP contribution is 2.30. The summed E-state index contributed by atoms with van der Waals surface area (Å²) in [7, 11) is 0. The molecule has 1 unspecified atom stereocenters. The molecule has 0 saturated heterocycles. The Bertz CT molecular complexity index is 283. The Morgan fingerprint density at radius 2 is 2.08 bits per heavy atom. The monoisotopic (exact) mass is 241 g/mol. The smallest absolute Gasteiger partial charge is 0.0300 e. The Labute approximate surface area is 88.5 Å². The van der Waals surface area contributed by atoms with Gasteiger partial charge in [0.2, 0.25) is 0 Å².